The molecule has 2 heterocycles. The van der Waals surface area contributed by atoms with Crippen LogP contribution in [0.5, 0.6) is 0 Å². The van der Waals surface area contributed by atoms with Gasteiger partial charge in [0.15, 0.2) is 0 Å². The van der Waals surface area contributed by atoms with E-state index in [4.69, 9.17) is 0 Å². The molecule has 3 rings (SSSR count). The summed E-state index contributed by atoms with van der Waals surface area (Å²) in [5.74, 6) is 0.301. The Morgan fingerprint density at radius 3 is 2.83 bits per heavy atom. The fourth-order valence-electron chi connectivity index (χ4n) is 3.15. The zero-order valence-electron chi connectivity index (χ0n) is 10.9. The minimum absolute atomic E-state index is 0.0604. The summed E-state index contributed by atoms with van der Waals surface area (Å²) in [7, 11) is 0. The van der Waals surface area contributed by atoms with E-state index in [9.17, 15) is 4.79 Å². The Morgan fingerprint density at radius 2 is 2.06 bits per heavy atom. The predicted molar refractivity (Wildman–Crippen MR) is 71.0 cm³/mol. The Labute approximate surface area is 108 Å². The highest BCUT2D eigenvalue weighted by Crippen LogP contribution is 2.26. The maximum Gasteiger partial charge on any atom is 0.240 e. The third-order valence-corrected chi connectivity index (χ3v) is 4.25. The van der Waals surface area contributed by atoms with Crippen LogP contribution in [0.1, 0.15) is 25.3 Å². The summed E-state index contributed by atoms with van der Waals surface area (Å²) in [6.45, 7) is 4.95. The molecule has 1 amide bonds. The number of carbonyl (C=O) groups is 1. The van der Waals surface area contributed by atoms with E-state index in [0.29, 0.717) is 11.9 Å². The van der Waals surface area contributed by atoms with Gasteiger partial charge >= 0.3 is 0 Å². The van der Waals surface area contributed by atoms with Crippen molar-refractivity contribution in [1.82, 2.24) is 9.80 Å². The first-order valence-electron chi connectivity index (χ1n) is 6.84. The molecule has 3 unspecified atom stereocenters. The van der Waals surface area contributed by atoms with Crippen LogP contribution in [0.3, 0.4) is 0 Å². The summed E-state index contributed by atoms with van der Waals surface area (Å²) in [6.07, 6.45) is 2.37. The predicted octanol–water partition coefficient (Wildman–Crippen LogP) is 1.88. The summed E-state index contributed by atoms with van der Waals surface area (Å²) in [6, 6.07) is 10.8. The quantitative estimate of drug-likeness (QED) is 0.793. The normalized spacial score (nSPS) is 31.5. The second kappa shape index (κ2) is 4.73. The van der Waals surface area contributed by atoms with Gasteiger partial charge in [-0.15, -0.1) is 0 Å². The van der Waals surface area contributed by atoms with Crippen LogP contribution < -0.4 is 0 Å². The molecule has 2 aliphatic heterocycles. The Kier molecular flexibility index (Phi) is 3.08. The number of nitrogens with zero attached hydrogens (tertiary/aromatic N) is 2. The van der Waals surface area contributed by atoms with Crippen molar-refractivity contribution < 1.29 is 4.79 Å². The number of fused-ring (bicyclic) bond motifs is 2. The van der Waals surface area contributed by atoms with Crippen LogP contribution in [0.15, 0.2) is 30.3 Å². The summed E-state index contributed by atoms with van der Waals surface area (Å²) in [4.78, 5) is 16.9. The van der Waals surface area contributed by atoms with Gasteiger partial charge in [0, 0.05) is 19.1 Å². The van der Waals surface area contributed by atoms with Crippen molar-refractivity contribution in [3.05, 3.63) is 35.9 Å². The van der Waals surface area contributed by atoms with Gasteiger partial charge in [-0.2, -0.15) is 0 Å². The molecule has 2 fully saturated rings. The SMILES string of the molecule is CC1C(=O)N(Cc2ccccc2)C2CCCN1C2. The molecule has 1 aromatic rings. The number of piperazine rings is 1. The highest BCUT2D eigenvalue weighted by atomic mass is 16.2. The Hall–Kier alpha value is -1.35. The lowest BCUT2D eigenvalue weighted by Gasteiger charge is -2.48. The second-order valence-corrected chi connectivity index (χ2v) is 5.42. The van der Waals surface area contributed by atoms with E-state index in [2.05, 4.69) is 21.9 Å². The standard InChI is InChI=1S/C15H20N2O/c1-12-15(18)17(10-13-6-3-2-4-7-13)14-8-5-9-16(12)11-14/h2-4,6-7,12,14H,5,8-11H2,1H3. The van der Waals surface area contributed by atoms with Crippen molar-refractivity contribution in [3.8, 4) is 0 Å². The Balaban J connectivity index is 1.80. The van der Waals surface area contributed by atoms with Crippen LogP contribution in [0.4, 0.5) is 0 Å². The van der Waals surface area contributed by atoms with Crippen LogP contribution in [0.25, 0.3) is 0 Å². The number of carbonyl (C=O) groups excluding carboxylic acids is 1. The zero-order chi connectivity index (χ0) is 12.5. The van der Waals surface area contributed by atoms with Crippen LogP contribution in [-0.4, -0.2) is 40.9 Å². The minimum atomic E-state index is 0.0604. The van der Waals surface area contributed by atoms with Crippen LogP contribution in [0, 0.1) is 0 Å². The van der Waals surface area contributed by atoms with Gasteiger partial charge < -0.3 is 4.90 Å². The highest BCUT2D eigenvalue weighted by Gasteiger charge is 2.39. The van der Waals surface area contributed by atoms with E-state index >= 15 is 0 Å². The van der Waals surface area contributed by atoms with Gasteiger partial charge in [0.25, 0.3) is 0 Å². The Morgan fingerprint density at radius 1 is 1.28 bits per heavy atom. The molecule has 0 spiro atoms. The number of hydrogen-bond donors (Lipinski definition) is 0. The monoisotopic (exact) mass is 244 g/mol. The van der Waals surface area contributed by atoms with Crippen molar-refractivity contribution in [3.63, 3.8) is 0 Å². The average Bonchev–Trinajstić information content (AvgIpc) is 2.43. The van der Waals surface area contributed by atoms with Gasteiger partial charge in [-0.1, -0.05) is 30.3 Å². The van der Waals surface area contributed by atoms with Crippen molar-refractivity contribution in [2.75, 3.05) is 13.1 Å². The van der Waals surface area contributed by atoms with Gasteiger partial charge in [-0.25, -0.2) is 0 Å². The molecule has 0 saturated carbocycles. The van der Waals surface area contributed by atoms with E-state index in [1.54, 1.807) is 0 Å². The summed E-state index contributed by atoms with van der Waals surface area (Å²) >= 11 is 0. The molecule has 1 aromatic carbocycles. The van der Waals surface area contributed by atoms with Gasteiger partial charge in [-0.3, -0.25) is 9.69 Å². The molecule has 3 heteroatoms. The number of amides is 1. The molecule has 2 saturated heterocycles. The first-order valence-corrected chi connectivity index (χ1v) is 6.84. The summed E-state index contributed by atoms with van der Waals surface area (Å²) in [5, 5.41) is 0. The van der Waals surface area contributed by atoms with Gasteiger partial charge in [0.05, 0.1) is 6.04 Å². The molecule has 3 atom stereocenters. The highest BCUT2D eigenvalue weighted by molar-refractivity contribution is 5.82. The minimum Gasteiger partial charge on any atom is -0.333 e. The zero-order valence-corrected chi connectivity index (χ0v) is 10.9. The van der Waals surface area contributed by atoms with E-state index in [0.717, 1.165) is 26.1 Å². The largest absolute Gasteiger partial charge is 0.333 e. The lowest BCUT2D eigenvalue weighted by atomic mass is 9.96. The summed E-state index contributed by atoms with van der Waals surface area (Å²) < 4.78 is 0. The molecular formula is C15H20N2O. The van der Waals surface area contributed by atoms with E-state index in [1.807, 2.05) is 25.1 Å². The molecule has 0 aromatic heterocycles. The average molecular weight is 244 g/mol. The molecule has 18 heavy (non-hydrogen) atoms. The number of hydrogen-bond acceptors (Lipinski definition) is 2. The maximum absolute atomic E-state index is 12.4. The molecule has 2 bridgehead atoms. The Bertz CT molecular complexity index is 431. The number of rotatable bonds is 2. The number of benzene rings is 1. The molecule has 0 radical (unpaired) electrons. The fourth-order valence-corrected chi connectivity index (χ4v) is 3.15. The van der Waals surface area contributed by atoms with Gasteiger partial charge in [0.2, 0.25) is 5.91 Å². The lowest BCUT2D eigenvalue weighted by Crippen LogP contribution is -2.62. The van der Waals surface area contributed by atoms with Crippen molar-refractivity contribution in [2.45, 2.75) is 38.4 Å². The van der Waals surface area contributed by atoms with Gasteiger partial charge in [0.1, 0.15) is 0 Å². The molecule has 3 nitrogen and oxygen atoms in total. The first-order chi connectivity index (χ1) is 8.75. The lowest BCUT2D eigenvalue weighted by molar-refractivity contribution is -0.148. The third kappa shape index (κ3) is 2.03. The molecule has 0 aliphatic carbocycles. The molecule has 0 N–H and O–H groups in total. The van der Waals surface area contributed by atoms with E-state index < -0.39 is 0 Å². The number of piperidine rings is 1. The summed E-state index contributed by atoms with van der Waals surface area (Å²) in [5.41, 5.74) is 1.23. The smallest absolute Gasteiger partial charge is 0.240 e. The topological polar surface area (TPSA) is 23.6 Å². The maximum atomic E-state index is 12.4. The molecule has 96 valence electrons. The fraction of sp³-hybridized carbons (Fsp3) is 0.533. The van der Waals surface area contributed by atoms with E-state index in [1.165, 1.54) is 12.0 Å². The van der Waals surface area contributed by atoms with Crippen molar-refractivity contribution in [2.24, 2.45) is 0 Å². The molecule has 2 aliphatic rings. The van der Waals surface area contributed by atoms with E-state index in [-0.39, 0.29) is 6.04 Å². The van der Waals surface area contributed by atoms with Gasteiger partial charge in [-0.05, 0) is 31.9 Å². The van der Waals surface area contributed by atoms with Crippen LogP contribution in [0.2, 0.25) is 0 Å². The first kappa shape index (κ1) is 11.7. The van der Waals surface area contributed by atoms with Crippen molar-refractivity contribution >= 4 is 5.91 Å². The van der Waals surface area contributed by atoms with Crippen LogP contribution in [-0.2, 0) is 11.3 Å². The molecular weight excluding hydrogens is 224 g/mol. The second-order valence-electron chi connectivity index (χ2n) is 5.42. The third-order valence-electron chi connectivity index (χ3n) is 4.25. The van der Waals surface area contributed by atoms with Crippen LogP contribution >= 0.6 is 0 Å². The van der Waals surface area contributed by atoms with Crippen molar-refractivity contribution in [1.29, 1.82) is 0 Å².